The van der Waals surface area contributed by atoms with Crippen LogP contribution >= 0.6 is 23.2 Å². The van der Waals surface area contributed by atoms with Crippen molar-refractivity contribution < 1.29 is 24.9 Å². The first-order valence-corrected chi connectivity index (χ1v) is 14.9. The number of aromatic nitrogens is 2. The Hall–Kier alpha value is -4.67. The maximum absolute atomic E-state index is 12.6. The number of aliphatic hydroxyl groups is 1. The highest BCUT2D eigenvalue weighted by atomic mass is 35.5. The summed E-state index contributed by atoms with van der Waals surface area (Å²) < 4.78 is 5.97. The zero-order chi connectivity index (χ0) is 31.5. The molecular formula is C34H28Cl2N4O5. The van der Waals surface area contributed by atoms with E-state index in [0.29, 0.717) is 54.1 Å². The number of phenols is 1. The summed E-state index contributed by atoms with van der Waals surface area (Å²) in [6.07, 6.45) is 5.43. The van der Waals surface area contributed by atoms with Gasteiger partial charge in [-0.15, -0.1) is 0 Å². The van der Waals surface area contributed by atoms with Gasteiger partial charge in [0.05, 0.1) is 27.0 Å². The molecule has 1 atom stereocenters. The number of aromatic hydroxyl groups is 1. The molecule has 0 bridgehead atoms. The van der Waals surface area contributed by atoms with Crippen LogP contribution in [-0.2, 0) is 13.1 Å². The average molecular weight is 644 g/mol. The Kier molecular flexibility index (Phi) is 8.86. The number of carboxylic acid groups (broad SMARTS) is 1. The first kappa shape index (κ1) is 30.4. The molecule has 0 spiro atoms. The van der Waals surface area contributed by atoms with Crippen molar-refractivity contribution in [1.82, 2.24) is 14.9 Å². The van der Waals surface area contributed by atoms with E-state index >= 15 is 0 Å². The van der Waals surface area contributed by atoms with Crippen molar-refractivity contribution >= 4 is 40.4 Å². The van der Waals surface area contributed by atoms with Gasteiger partial charge in [0.25, 0.3) is 0 Å². The van der Waals surface area contributed by atoms with E-state index in [4.69, 9.17) is 27.9 Å². The molecule has 0 saturated carbocycles. The number of anilines is 1. The second-order valence-corrected chi connectivity index (χ2v) is 11.4. The summed E-state index contributed by atoms with van der Waals surface area (Å²) in [5.41, 5.74) is 4.38. The highest BCUT2D eigenvalue weighted by molar-refractivity contribution is 6.32. The van der Waals surface area contributed by atoms with E-state index in [2.05, 4.69) is 20.2 Å². The number of allylic oxidation sites excluding steroid dienone is 1. The van der Waals surface area contributed by atoms with Crippen LogP contribution in [0.1, 0.15) is 32.9 Å². The predicted octanol–water partition coefficient (Wildman–Crippen LogP) is 6.22. The number of hydrogen-bond acceptors (Lipinski definition) is 8. The predicted molar refractivity (Wildman–Crippen MR) is 172 cm³/mol. The van der Waals surface area contributed by atoms with Crippen LogP contribution in [0, 0.1) is 0 Å². The zero-order valence-electron chi connectivity index (χ0n) is 23.8. The molecule has 2 aromatic heterocycles. The van der Waals surface area contributed by atoms with E-state index in [1.54, 1.807) is 36.7 Å². The number of ether oxygens (including phenoxy) is 1. The van der Waals surface area contributed by atoms with E-state index in [1.807, 2.05) is 36.4 Å². The number of fused-ring (bicyclic) bond motifs is 2. The summed E-state index contributed by atoms with van der Waals surface area (Å²) in [6.45, 7) is 2.41. The Morgan fingerprint density at radius 3 is 2.31 bits per heavy atom. The fourth-order valence-electron chi connectivity index (χ4n) is 5.33. The second kappa shape index (κ2) is 13.1. The lowest BCUT2D eigenvalue weighted by atomic mass is 9.85. The van der Waals surface area contributed by atoms with E-state index in [9.17, 15) is 20.1 Å². The normalized spacial score (nSPS) is 15.5. The Balaban J connectivity index is 1.30. The molecule has 0 saturated heterocycles. The molecule has 11 heteroatoms. The minimum absolute atomic E-state index is 0.0355. The van der Waals surface area contributed by atoms with Gasteiger partial charge >= 0.3 is 5.97 Å². The molecule has 4 N–H and O–H groups in total. The fourth-order valence-corrected chi connectivity index (χ4v) is 5.67. The number of halogens is 2. The highest BCUT2D eigenvalue weighted by Crippen LogP contribution is 2.48. The molecule has 9 nitrogen and oxygen atoms in total. The van der Waals surface area contributed by atoms with Crippen molar-refractivity contribution in [2.24, 2.45) is 0 Å². The number of aromatic carboxylic acids is 1. The van der Waals surface area contributed by atoms with Crippen LogP contribution < -0.4 is 10.1 Å². The van der Waals surface area contributed by atoms with Crippen LogP contribution in [0.3, 0.4) is 0 Å². The van der Waals surface area contributed by atoms with Crippen LogP contribution in [0.2, 0.25) is 5.02 Å². The third kappa shape index (κ3) is 6.72. The SMILES string of the molecule is O=C(O)c1cc(NCCN(Cc2ccccn2)Cc2ccccn2)ccc1C1=C2C=C(Cl)C(O)C=C2Oc2cc(O)c(Cl)cc21. The van der Waals surface area contributed by atoms with E-state index in [0.717, 1.165) is 11.4 Å². The highest BCUT2D eigenvalue weighted by Gasteiger charge is 2.32. The summed E-state index contributed by atoms with van der Waals surface area (Å²) in [5, 5.41) is 34.5. The van der Waals surface area contributed by atoms with Crippen LogP contribution in [0.5, 0.6) is 11.5 Å². The van der Waals surface area contributed by atoms with Gasteiger partial charge in [0, 0.05) is 67.0 Å². The van der Waals surface area contributed by atoms with Gasteiger partial charge < -0.3 is 25.4 Å². The number of rotatable bonds is 10. The van der Waals surface area contributed by atoms with Crippen LogP contribution in [0.4, 0.5) is 5.69 Å². The monoisotopic (exact) mass is 642 g/mol. The first-order valence-electron chi connectivity index (χ1n) is 14.1. The van der Waals surface area contributed by atoms with E-state index < -0.39 is 12.1 Å². The number of carbonyl (C=O) groups is 1. The van der Waals surface area contributed by atoms with Gasteiger partial charge in [-0.25, -0.2) is 4.79 Å². The summed E-state index contributed by atoms with van der Waals surface area (Å²) in [4.78, 5) is 23.8. The number of nitrogens with zero attached hydrogens (tertiary/aromatic N) is 3. The van der Waals surface area contributed by atoms with Gasteiger partial charge in [0.15, 0.2) is 0 Å². The van der Waals surface area contributed by atoms with E-state index in [1.165, 1.54) is 18.2 Å². The lowest BCUT2D eigenvalue weighted by Gasteiger charge is -2.29. The number of phenolic OH excluding ortho intramolecular Hbond substituents is 1. The van der Waals surface area contributed by atoms with Crippen molar-refractivity contribution in [3.63, 3.8) is 0 Å². The number of pyridine rings is 2. The Morgan fingerprint density at radius 1 is 0.956 bits per heavy atom. The van der Waals surface area contributed by atoms with Gasteiger partial charge in [0.1, 0.15) is 23.4 Å². The van der Waals surface area contributed by atoms with Crippen LogP contribution in [0.25, 0.3) is 5.57 Å². The molecule has 0 radical (unpaired) electrons. The van der Waals surface area contributed by atoms with Gasteiger partial charge in [-0.05, 0) is 60.2 Å². The third-order valence-electron chi connectivity index (χ3n) is 7.45. The van der Waals surface area contributed by atoms with Gasteiger partial charge in [-0.2, -0.15) is 0 Å². The number of hydrogen-bond donors (Lipinski definition) is 4. The smallest absolute Gasteiger partial charge is 0.336 e. The number of benzene rings is 2. The van der Waals surface area contributed by atoms with Gasteiger partial charge in [-0.1, -0.05) is 41.4 Å². The van der Waals surface area contributed by atoms with Crippen LogP contribution in [0.15, 0.2) is 108 Å². The number of aliphatic hydroxyl groups excluding tert-OH is 1. The van der Waals surface area contributed by atoms with Crippen LogP contribution in [-0.4, -0.2) is 55.4 Å². The number of carboxylic acids is 1. The Bertz CT molecular complexity index is 1800. The molecule has 6 rings (SSSR count). The molecule has 2 aromatic carbocycles. The molecule has 1 unspecified atom stereocenters. The van der Waals surface area contributed by atoms with Gasteiger partial charge in [-0.3, -0.25) is 14.9 Å². The van der Waals surface area contributed by atoms with Crippen molar-refractivity contribution in [1.29, 1.82) is 0 Å². The van der Waals surface area contributed by atoms with Gasteiger partial charge in [0.2, 0.25) is 0 Å². The van der Waals surface area contributed by atoms with Crippen molar-refractivity contribution in [2.45, 2.75) is 19.2 Å². The molecular weight excluding hydrogens is 615 g/mol. The first-order chi connectivity index (χ1) is 21.8. The lowest BCUT2D eigenvalue weighted by molar-refractivity contribution is 0.0696. The molecule has 0 amide bonds. The Labute approximate surface area is 269 Å². The minimum atomic E-state index is -1.14. The molecule has 1 aliphatic carbocycles. The number of nitrogens with one attached hydrogen (secondary N) is 1. The molecule has 0 fully saturated rings. The van der Waals surface area contributed by atoms with Crippen molar-refractivity contribution in [2.75, 3.05) is 18.4 Å². The largest absolute Gasteiger partial charge is 0.506 e. The molecule has 4 aromatic rings. The molecule has 2 aliphatic rings. The summed E-state index contributed by atoms with van der Waals surface area (Å²) in [6, 6.07) is 19.6. The molecule has 3 heterocycles. The second-order valence-electron chi connectivity index (χ2n) is 10.5. The maximum Gasteiger partial charge on any atom is 0.336 e. The molecule has 1 aliphatic heterocycles. The minimum Gasteiger partial charge on any atom is -0.506 e. The molecule has 45 heavy (non-hydrogen) atoms. The summed E-state index contributed by atoms with van der Waals surface area (Å²) in [5.74, 6) is -0.777. The standard InChI is InChI=1S/C34H28Cl2N4O5/c35-27-14-25-31(16-29(27)41)45-32-17-30(42)28(36)15-26(32)33(25)23-8-7-20(13-24(23)34(43)44)39-11-12-40(18-21-5-1-3-9-37-21)19-22-6-2-4-10-38-22/h1-10,13-17,29,39,41-42H,11-12,18-19H2,(H,43,44). The quantitative estimate of drug-likeness (QED) is 0.159. The average Bonchev–Trinajstić information content (AvgIpc) is 3.03. The summed E-state index contributed by atoms with van der Waals surface area (Å²) in [7, 11) is 0. The van der Waals surface area contributed by atoms with Crippen molar-refractivity contribution in [3.8, 4) is 11.5 Å². The Morgan fingerprint density at radius 2 is 1.67 bits per heavy atom. The topological polar surface area (TPSA) is 128 Å². The fraction of sp³-hybridized carbons (Fsp3) is 0.147. The van der Waals surface area contributed by atoms with E-state index in [-0.39, 0.29) is 32.9 Å². The van der Waals surface area contributed by atoms with Crippen molar-refractivity contribution in [3.05, 3.63) is 141 Å². The third-order valence-corrected chi connectivity index (χ3v) is 8.08. The lowest BCUT2D eigenvalue weighted by Crippen LogP contribution is -2.29. The zero-order valence-corrected chi connectivity index (χ0v) is 25.3. The molecule has 228 valence electrons. The summed E-state index contributed by atoms with van der Waals surface area (Å²) >= 11 is 12.6. The maximum atomic E-state index is 12.6.